The summed E-state index contributed by atoms with van der Waals surface area (Å²) in [6, 6.07) is 11.0. The Morgan fingerprint density at radius 1 is 1.07 bits per heavy atom. The third-order valence-corrected chi connectivity index (χ3v) is 7.81. The van der Waals surface area contributed by atoms with Crippen LogP contribution in [0, 0.1) is 0 Å². The number of carbonyl (C=O) groups excluding carboxylic acids is 2. The number of rotatable bonds is 8. The van der Waals surface area contributed by atoms with E-state index in [9.17, 15) is 18.0 Å². The lowest BCUT2D eigenvalue weighted by molar-refractivity contribution is 0.0707. The number of likely N-dealkylation sites (tertiary alicyclic amines) is 1. The minimum Gasteiger partial charge on any atom is -0.492 e. The Balaban J connectivity index is 1.62. The van der Waals surface area contributed by atoms with E-state index < -0.39 is 15.9 Å². The molecule has 0 unspecified atom stereocenters. The molecule has 2 heterocycles. The molecule has 12 heteroatoms. The van der Waals surface area contributed by atoms with E-state index in [2.05, 4.69) is 10.0 Å². The van der Waals surface area contributed by atoms with Gasteiger partial charge in [0.15, 0.2) is 5.75 Å². The highest BCUT2D eigenvalue weighted by atomic mass is 32.2. The largest absolute Gasteiger partial charge is 0.492 e. The Morgan fingerprint density at radius 2 is 1.74 bits per heavy atom. The number of anilines is 2. The summed E-state index contributed by atoms with van der Waals surface area (Å²) in [5.41, 5.74) is 2.22. The molecule has 1 aliphatic heterocycles. The van der Waals surface area contributed by atoms with Crippen molar-refractivity contribution in [1.29, 1.82) is 0 Å². The van der Waals surface area contributed by atoms with Gasteiger partial charge in [0.1, 0.15) is 17.5 Å². The van der Waals surface area contributed by atoms with Crippen LogP contribution in [0.15, 0.2) is 36.4 Å². The van der Waals surface area contributed by atoms with Gasteiger partial charge in [-0.05, 0) is 42.2 Å². The van der Waals surface area contributed by atoms with Crippen molar-refractivity contribution in [3.05, 3.63) is 47.7 Å². The molecule has 1 saturated heterocycles. The molecule has 2 amide bonds. The van der Waals surface area contributed by atoms with Crippen molar-refractivity contribution < 1.29 is 32.2 Å². The Kier molecular flexibility index (Phi) is 8.95. The van der Waals surface area contributed by atoms with Crippen LogP contribution in [0.1, 0.15) is 56.6 Å². The molecule has 2 aromatic carbocycles. The van der Waals surface area contributed by atoms with E-state index in [1.54, 1.807) is 41.6 Å². The quantitative estimate of drug-likeness (QED) is 0.368. The second-order valence-electron chi connectivity index (χ2n) is 11.5. The van der Waals surface area contributed by atoms with Crippen molar-refractivity contribution >= 4 is 44.3 Å². The molecule has 1 fully saturated rings. The maximum absolute atomic E-state index is 13.7. The van der Waals surface area contributed by atoms with Gasteiger partial charge in [0.25, 0.3) is 5.91 Å². The summed E-state index contributed by atoms with van der Waals surface area (Å²) in [6.45, 7) is 9.21. The van der Waals surface area contributed by atoms with Gasteiger partial charge in [-0.25, -0.2) is 13.2 Å². The van der Waals surface area contributed by atoms with Crippen LogP contribution in [0.4, 0.5) is 16.2 Å². The Morgan fingerprint density at radius 3 is 2.33 bits per heavy atom. The standard InChI is InChI=1S/C30H40N4O7S/c1-8-40-29(36)34-14-12-21(13-15-34)41-25-11-9-10-19-16-24(33(5)26(19)25)28(35)31-22-17-20(30(2,3)4)18-23(27(22)39-6)32-42(7,37)38/h9-11,16-18,21,32H,8,12-15H2,1-7H3,(H,31,35). The van der Waals surface area contributed by atoms with Gasteiger partial charge in [-0.15, -0.1) is 0 Å². The number of para-hydroxylation sites is 1. The number of piperidine rings is 1. The fourth-order valence-corrected chi connectivity index (χ4v) is 5.63. The lowest BCUT2D eigenvalue weighted by Gasteiger charge is -2.31. The highest BCUT2D eigenvalue weighted by Crippen LogP contribution is 2.39. The maximum Gasteiger partial charge on any atom is 0.409 e. The third-order valence-electron chi connectivity index (χ3n) is 7.22. The number of benzene rings is 2. The van der Waals surface area contributed by atoms with Crippen LogP contribution in [0.5, 0.6) is 11.5 Å². The Bertz CT molecular complexity index is 1580. The number of amides is 2. The minimum absolute atomic E-state index is 0.0846. The van der Waals surface area contributed by atoms with E-state index in [0.29, 0.717) is 49.7 Å². The van der Waals surface area contributed by atoms with E-state index in [1.165, 1.54) is 7.11 Å². The second-order valence-corrected chi connectivity index (χ2v) is 13.2. The highest BCUT2D eigenvalue weighted by molar-refractivity contribution is 7.92. The Labute approximate surface area is 247 Å². The van der Waals surface area contributed by atoms with Crippen molar-refractivity contribution in [2.75, 3.05) is 43.1 Å². The van der Waals surface area contributed by atoms with Crippen molar-refractivity contribution in [3.63, 3.8) is 0 Å². The smallest absolute Gasteiger partial charge is 0.409 e. The molecule has 42 heavy (non-hydrogen) atoms. The van der Waals surface area contributed by atoms with E-state index in [-0.39, 0.29) is 29.0 Å². The van der Waals surface area contributed by atoms with Gasteiger partial charge in [0, 0.05) is 38.4 Å². The lowest BCUT2D eigenvalue weighted by atomic mass is 9.86. The van der Waals surface area contributed by atoms with E-state index >= 15 is 0 Å². The van der Waals surface area contributed by atoms with E-state index in [1.807, 2.05) is 39.0 Å². The molecule has 0 spiro atoms. The zero-order valence-electron chi connectivity index (χ0n) is 25.2. The minimum atomic E-state index is -3.61. The van der Waals surface area contributed by atoms with Gasteiger partial charge in [-0.1, -0.05) is 32.9 Å². The number of methoxy groups -OCH3 is 1. The molecule has 0 atom stereocenters. The van der Waals surface area contributed by atoms with Crippen molar-refractivity contribution in [3.8, 4) is 11.5 Å². The zero-order valence-corrected chi connectivity index (χ0v) is 26.1. The number of nitrogens with one attached hydrogen (secondary N) is 2. The SMILES string of the molecule is CCOC(=O)N1CCC(Oc2cccc3cc(C(=O)Nc4cc(C(C)(C)C)cc(NS(C)(=O)=O)c4OC)n(C)c23)CC1. The van der Waals surface area contributed by atoms with Crippen molar-refractivity contribution in [2.45, 2.75) is 52.1 Å². The van der Waals surface area contributed by atoms with Crippen LogP contribution in [0.3, 0.4) is 0 Å². The van der Waals surface area contributed by atoms with Crippen molar-refractivity contribution in [2.24, 2.45) is 7.05 Å². The van der Waals surface area contributed by atoms with Gasteiger partial charge in [-0.2, -0.15) is 0 Å². The molecular weight excluding hydrogens is 560 g/mol. The summed E-state index contributed by atoms with van der Waals surface area (Å²) in [4.78, 5) is 27.4. The van der Waals surface area contributed by atoms with Crippen LogP contribution in [0.2, 0.25) is 0 Å². The summed E-state index contributed by atoms with van der Waals surface area (Å²) < 4.78 is 45.5. The number of aryl methyl sites for hydroxylation is 1. The van der Waals surface area contributed by atoms with Crippen LogP contribution in [-0.4, -0.2) is 69.1 Å². The van der Waals surface area contributed by atoms with Gasteiger partial charge in [0.05, 0.1) is 36.9 Å². The Hall–Kier alpha value is -3.93. The highest BCUT2D eigenvalue weighted by Gasteiger charge is 2.27. The summed E-state index contributed by atoms with van der Waals surface area (Å²) in [7, 11) is -0.385. The molecule has 0 radical (unpaired) electrons. The molecule has 228 valence electrons. The topological polar surface area (TPSA) is 128 Å². The predicted molar refractivity (Wildman–Crippen MR) is 163 cm³/mol. The number of sulfonamides is 1. The molecule has 0 saturated carbocycles. The number of hydrogen-bond acceptors (Lipinski definition) is 7. The van der Waals surface area contributed by atoms with Gasteiger partial charge < -0.3 is 29.0 Å². The first-order valence-corrected chi connectivity index (χ1v) is 15.8. The second kappa shape index (κ2) is 12.1. The summed E-state index contributed by atoms with van der Waals surface area (Å²) >= 11 is 0. The van der Waals surface area contributed by atoms with Gasteiger partial charge >= 0.3 is 6.09 Å². The van der Waals surface area contributed by atoms with Crippen LogP contribution in [-0.2, 0) is 27.2 Å². The average molecular weight is 601 g/mol. The molecule has 0 aliphatic carbocycles. The fourth-order valence-electron chi connectivity index (χ4n) is 5.08. The van der Waals surface area contributed by atoms with Gasteiger partial charge in [-0.3, -0.25) is 9.52 Å². The molecule has 2 N–H and O–H groups in total. The number of hydrogen-bond donors (Lipinski definition) is 2. The molecule has 1 aromatic heterocycles. The van der Waals surface area contributed by atoms with Gasteiger partial charge in [0.2, 0.25) is 10.0 Å². The number of fused-ring (bicyclic) bond motifs is 1. The first-order chi connectivity index (χ1) is 19.7. The third kappa shape index (κ3) is 6.92. The lowest BCUT2D eigenvalue weighted by Crippen LogP contribution is -2.42. The number of nitrogens with zero attached hydrogens (tertiary/aromatic N) is 2. The van der Waals surface area contributed by atoms with Crippen LogP contribution in [0.25, 0.3) is 10.9 Å². The summed E-state index contributed by atoms with van der Waals surface area (Å²) in [6.07, 6.45) is 2.01. The number of carbonyl (C=O) groups is 2. The average Bonchev–Trinajstić information content (AvgIpc) is 3.25. The van der Waals surface area contributed by atoms with Crippen LogP contribution < -0.4 is 19.5 Å². The maximum atomic E-state index is 13.7. The van der Waals surface area contributed by atoms with E-state index in [4.69, 9.17) is 14.2 Å². The predicted octanol–water partition coefficient (Wildman–Crippen LogP) is 5.11. The summed E-state index contributed by atoms with van der Waals surface area (Å²) in [5.74, 6) is 0.464. The molecule has 3 aromatic rings. The number of aromatic nitrogens is 1. The fraction of sp³-hybridized carbons (Fsp3) is 0.467. The molecule has 0 bridgehead atoms. The molecule has 11 nitrogen and oxygen atoms in total. The van der Waals surface area contributed by atoms with Crippen molar-refractivity contribution in [1.82, 2.24) is 9.47 Å². The molecule has 1 aliphatic rings. The first-order valence-electron chi connectivity index (χ1n) is 13.9. The summed E-state index contributed by atoms with van der Waals surface area (Å²) in [5, 5.41) is 3.77. The normalized spacial score (nSPS) is 14.5. The van der Waals surface area contributed by atoms with E-state index in [0.717, 1.165) is 22.7 Å². The zero-order chi connectivity index (χ0) is 30.8. The van der Waals surface area contributed by atoms with Crippen LogP contribution >= 0.6 is 0 Å². The number of ether oxygens (including phenoxy) is 3. The monoisotopic (exact) mass is 600 g/mol. The molecular formula is C30H40N4O7S. The first kappa shape index (κ1) is 31.0. The molecule has 4 rings (SSSR count).